The zero-order valence-corrected chi connectivity index (χ0v) is 15.6. The maximum absolute atomic E-state index is 12.6. The van der Waals surface area contributed by atoms with Crippen molar-refractivity contribution in [2.24, 2.45) is 0 Å². The second-order valence-corrected chi connectivity index (χ2v) is 7.37. The number of aromatic nitrogens is 1. The molecule has 3 rings (SSSR count). The molecule has 144 valence electrons. The highest BCUT2D eigenvalue weighted by molar-refractivity contribution is 8.00. The van der Waals surface area contributed by atoms with Gasteiger partial charge in [-0.15, -0.1) is 11.3 Å². The van der Waals surface area contributed by atoms with Gasteiger partial charge in [-0.2, -0.15) is 13.2 Å². The highest BCUT2D eigenvalue weighted by Gasteiger charge is 2.32. The molecule has 2 amide bonds. The Morgan fingerprint density at radius 1 is 0.929 bits per heavy atom. The van der Waals surface area contributed by atoms with Crippen LogP contribution in [0.2, 0.25) is 0 Å². The van der Waals surface area contributed by atoms with Crippen LogP contribution in [0, 0.1) is 0 Å². The van der Waals surface area contributed by atoms with Crippen LogP contribution in [0.5, 0.6) is 0 Å². The molecule has 0 aliphatic carbocycles. The predicted molar refractivity (Wildman–Crippen MR) is 103 cm³/mol. The number of thiophene rings is 1. The molecular formula is C18H12F3N3O2S2. The van der Waals surface area contributed by atoms with Crippen molar-refractivity contribution in [1.82, 2.24) is 4.98 Å². The van der Waals surface area contributed by atoms with Crippen LogP contribution in [0.25, 0.3) is 0 Å². The first-order valence-corrected chi connectivity index (χ1v) is 9.48. The van der Waals surface area contributed by atoms with Gasteiger partial charge < -0.3 is 10.6 Å². The number of pyridine rings is 1. The van der Waals surface area contributed by atoms with Gasteiger partial charge in [0.05, 0.1) is 10.4 Å². The van der Waals surface area contributed by atoms with Gasteiger partial charge in [0.15, 0.2) is 0 Å². The van der Waals surface area contributed by atoms with E-state index in [9.17, 15) is 22.8 Å². The normalized spacial score (nSPS) is 11.1. The molecule has 0 bridgehead atoms. The molecule has 2 aromatic heterocycles. The Bertz CT molecular complexity index is 974. The summed E-state index contributed by atoms with van der Waals surface area (Å²) in [4.78, 5) is 28.5. The van der Waals surface area contributed by atoms with Crippen LogP contribution in [-0.4, -0.2) is 22.3 Å². The number of nitrogens with one attached hydrogen (secondary N) is 2. The van der Waals surface area contributed by atoms with Crippen LogP contribution in [0.1, 0.15) is 20.0 Å². The maximum Gasteiger partial charge on any atom is 0.447 e. The van der Waals surface area contributed by atoms with Gasteiger partial charge in [-0.25, -0.2) is 4.98 Å². The van der Waals surface area contributed by atoms with Gasteiger partial charge in [0.2, 0.25) is 0 Å². The monoisotopic (exact) mass is 423 g/mol. The molecule has 0 fully saturated rings. The standard InChI is InChI=1S/C18H12F3N3O2S2/c19-18(20,21)28-17-13(3-1-9-22-17)15(25)23-11-5-7-12(8-6-11)24-16(26)14-4-2-10-27-14/h1-10H,(H,23,25)(H,24,26). The summed E-state index contributed by atoms with van der Waals surface area (Å²) in [6.45, 7) is 0. The molecule has 0 atom stereocenters. The molecule has 0 saturated heterocycles. The molecular weight excluding hydrogens is 411 g/mol. The molecule has 28 heavy (non-hydrogen) atoms. The third-order valence-electron chi connectivity index (χ3n) is 3.37. The minimum absolute atomic E-state index is 0.181. The number of halogens is 3. The number of amides is 2. The first-order valence-electron chi connectivity index (χ1n) is 7.79. The molecule has 3 aromatic rings. The average Bonchev–Trinajstić information content (AvgIpc) is 3.17. The minimum atomic E-state index is -4.55. The summed E-state index contributed by atoms with van der Waals surface area (Å²) in [5.41, 5.74) is -3.84. The lowest BCUT2D eigenvalue weighted by Crippen LogP contribution is -2.15. The lowest BCUT2D eigenvalue weighted by atomic mass is 10.2. The Kier molecular flexibility index (Phi) is 6.00. The van der Waals surface area contributed by atoms with Crippen LogP contribution >= 0.6 is 23.1 Å². The number of hydrogen-bond acceptors (Lipinski definition) is 5. The molecule has 10 heteroatoms. The lowest BCUT2D eigenvalue weighted by molar-refractivity contribution is -0.0329. The SMILES string of the molecule is O=C(Nc1ccc(NC(=O)c2cccnc2SC(F)(F)F)cc1)c1cccs1. The van der Waals surface area contributed by atoms with Crippen molar-refractivity contribution in [2.45, 2.75) is 10.5 Å². The van der Waals surface area contributed by atoms with E-state index in [-0.39, 0.29) is 11.5 Å². The van der Waals surface area contributed by atoms with E-state index in [0.29, 0.717) is 16.3 Å². The molecule has 2 N–H and O–H groups in total. The molecule has 0 spiro atoms. The first-order chi connectivity index (χ1) is 13.3. The topological polar surface area (TPSA) is 71.1 Å². The zero-order chi connectivity index (χ0) is 20.1. The smallest absolute Gasteiger partial charge is 0.322 e. The Hall–Kier alpha value is -2.85. The number of benzene rings is 1. The van der Waals surface area contributed by atoms with Gasteiger partial charge in [0.25, 0.3) is 11.8 Å². The number of carbonyl (C=O) groups is 2. The van der Waals surface area contributed by atoms with E-state index in [1.54, 1.807) is 29.6 Å². The molecule has 1 aromatic carbocycles. The summed E-state index contributed by atoms with van der Waals surface area (Å²) in [6, 6.07) is 12.3. The minimum Gasteiger partial charge on any atom is -0.322 e. The second-order valence-electron chi connectivity index (χ2n) is 5.37. The molecule has 0 saturated carbocycles. The van der Waals surface area contributed by atoms with E-state index < -0.39 is 28.2 Å². The van der Waals surface area contributed by atoms with Gasteiger partial charge >= 0.3 is 5.51 Å². The molecule has 0 aliphatic rings. The van der Waals surface area contributed by atoms with Crippen LogP contribution in [-0.2, 0) is 0 Å². The lowest BCUT2D eigenvalue weighted by Gasteiger charge is -2.11. The fraction of sp³-hybridized carbons (Fsp3) is 0.0556. The van der Waals surface area contributed by atoms with Crippen molar-refractivity contribution in [2.75, 3.05) is 10.6 Å². The Morgan fingerprint density at radius 3 is 2.14 bits per heavy atom. The van der Waals surface area contributed by atoms with Gasteiger partial charge in [0.1, 0.15) is 5.03 Å². The molecule has 0 radical (unpaired) electrons. The van der Waals surface area contributed by atoms with Crippen molar-refractivity contribution in [3.05, 3.63) is 70.5 Å². The summed E-state index contributed by atoms with van der Waals surface area (Å²) >= 11 is 0.863. The summed E-state index contributed by atoms with van der Waals surface area (Å²) in [5, 5.41) is 6.60. The second kappa shape index (κ2) is 8.44. The van der Waals surface area contributed by atoms with Gasteiger partial charge in [0, 0.05) is 29.3 Å². The highest BCUT2D eigenvalue weighted by atomic mass is 32.2. The number of anilines is 2. The molecule has 5 nitrogen and oxygen atoms in total. The number of carbonyl (C=O) groups excluding carboxylic acids is 2. The third-order valence-corrected chi connectivity index (χ3v) is 4.99. The van der Waals surface area contributed by atoms with Crippen molar-refractivity contribution >= 4 is 46.3 Å². The van der Waals surface area contributed by atoms with Gasteiger partial charge in [-0.05, 0) is 47.8 Å². The number of alkyl halides is 3. The predicted octanol–water partition coefficient (Wildman–Crippen LogP) is 5.26. The number of hydrogen-bond donors (Lipinski definition) is 2. The van der Waals surface area contributed by atoms with Crippen LogP contribution in [0.3, 0.4) is 0 Å². The van der Waals surface area contributed by atoms with Crippen LogP contribution in [0.4, 0.5) is 24.5 Å². The van der Waals surface area contributed by atoms with E-state index in [4.69, 9.17) is 0 Å². The van der Waals surface area contributed by atoms with E-state index in [2.05, 4.69) is 15.6 Å². The summed E-state index contributed by atoms with van der Waals surface area (Å²) in [6.07, 6.45) is 1.19. The molecule has 0 unspecified atom stereocenters. The number of thioether (sulfide) groups is 1. The molecule has 2 heterocycles. The summed E-state index contributed by atoms with van der Waals surface area (Å²) in [7, 11) is 0. The largest absolute Gasteiger partial charge is 0.447 e. The average molecular weight is 423 g/mol. The van der Waals surface area contributed by atoms with Crippen molar-refractivity contribution in [3.63, 3.8) is 0 Å². The summed E-state index contributed by atoms with van der Waals surface area (Å²) in [5.74, 6) is -0.966. The van der Waals surface area contributed by atoms with Crippen LogP contribution < -0.4 is 10.6 Å². The first kappa shape index (κ1) is 19.9. The molecule has 0 aliphatic heterocycles. The maximum atomic E-state index is 12.6. The Morgan fingerprint density at radius 2 is 1.57 bits per heavy atom. The Labute approximate surface area is 166 Å². The fourth-order valence-electron chi connectivity index (χ4n) is 2.19. The van der Waals surface area contributed by atoms with E-state index in [1.165, 1.54) is 41.8 Å². The van der Waals surface area contributed by atoms with Crippen molar-refractivity contribution in [3.8, 4) is 0 Å². The zero-order valence-electron chi connectivity index (χ0n) is 14.0. The van der Waals surface area contributed by atoms with E-state index >= 15 is 0 Å². The van der Waals surface area contributed by atoms with Crippen molar-refractivity contribution < 1.29 is 22.8 Å². The summed E-state index contributed by atoms with van der Waals surface area (Å²) < 4.78 is 37.9. The van der Waals surface area contributed by atoms with E-state index in [1.807, 2.05) is 0 Å². The highest BCUT2D eigenvalue weighted by Crippen LogP contribution is 2.37. The Balaban J connectivity index is 1.67. The third kappa shape index (κ3) is 5.33. The quantitative estimate of drug-likeness (QED) is 0.549. The van der Waals surface area contributed by atoms with Gasteiger partial charge in [-0.3, -0.25) is 9.59 Å². The number of rotatable bonds is 5. The number of nitrogens with zero attached hydrogens (tertiary/aromatic N) is 1. The van der Waals surface area contributed by atoms with Gasteiger partial charge in [-0.1, -0.05) is 6.07 Å². The van der Waals surface area contributed by atoms with E-state index in [0.717, 1.165) is 0 Å². The van der Waals surface area contributed by atoms with Crippen molar-refractivity contribution in [1.29, 1.82) is 0 Å². The van der Waals surface area contributed by atoms with Crippen LogP contribution in [0.15, 0.2) is 65.1 Å². The fourth-order valence-corrected chi connectivity index (χ4v) is 3.41.